The summed E-state index contributed by atoms with van der Waals surface area (Å²) in [4.78, 5) is 4.58. The van der Waals surface area contributed by atoms with E-state index in [-0.39, 0.29) is 5.41 Å². The number of thiazole rings is 1. The summed E-state index contributed by atoms with van der Waals surface area (Å²) >= 11 is 15.1. The van der Waals surface area contributed by atoms with Crippen molar-refractivity contribution in [3.8, 4) is 0 Å². The summed E-state index contributed by atoms with van der Waals surface area (Å²) < 4.78 is 0. The van der Waals surface area contributed by atoms with Crippen LogP contribution in [0.25, 0.3) is 0 Å². The number of hydrogen-bond donors (Lipinski definition) is 0. The number of halogens is 3. The number of hydrogen-bond acceptors (Lipinski definition) is 2. The lowest BCUT2D eigenvalue weighted by Crippen LogP contribution is -2.33. The lowest BCUT2D eigenvalue weighted by molar-refractivity contribution is 0.544. The molecule has 0 saturated heterocycles. The van der Waals surface area contributed by atoms with Gasteiger partial charge in [-0.3, -0.25) is 0 Å². The second-order valence-corrected chi connectivity index (χ2v) is 7.21. The summed E-state index contributed by atoms with van der Waals surface area (Å²) in [6, 6.07) is 8.09. The average molecular weight is 424 g/mol. The molecule has 0 amide bonds. The standard InChI is InChI=1S/C14H14Br2ClNS/c1-10-18-13(7-19-10)6-14(8-15,9-16)11-3-2-4-12(17)5-11/h2-5,7H,6,8-9H2,1H3. The molecule has 0 aliphatic heterocycles. The minimum atomic E-state index is -0.0224. The second-order valence-electron chi connectivity index (χ2n) is 4.59. The maximum Gasteiger partial charge on any atom is 0.0897 e. The highest BCUT2D eigenvalue weighted by Crippen LogP contribution is 2.34. The summed E-state index contributed by atoms with van der Waals surface area (Å²) in [5.74, 6) is 0. The van der Waals surface area contributed by atoms with Crippen LogP contribution in [0.3, 0.4) is 0 Å². The Bertz CT molecular complexity index is 552. The number of benzene rings is 1. The largest absolute Gasteiger partial charge is 0.247 e. The zero-order valence-corrected chi connectivity index (χ0v) is 15.2. The van der Waals surface area contributed by atoms with Crippen molar-refractivity contribution in [1.82, 2.24) is 4.98 Å². The minimum absolute atomic E-state index is 0.0224. The van der Waals surface area contributed by atoms with Crippen LogP contribution in [-0.4, -0.2) is 15.6 Å². The van der Waals surface area contributed by atoms with Crippen molar-refractivity contribution in [2.24, 2.45) is 0 Å². The SMILES string of the molecule is Cc1nc(CC(CBr)(CBr)c2cccc(Cl)c2)cs1. The van der Waals surface area contributed by atoms with Crippen molar-refractivity contribution in [2.45, 2.75) is 18.8 Å². The van der Waals surface area contributed by atoms with Crippen molar-refractivity contribution in [1.29, 1.82) is 0 Å². The second kappa shape index (κ2) is 6.70. The zero-order valence-electron chi connectivity index (χ0n) is 10.5. The van der Waals surface area contributed by atoms with E-state index in [9.17, 15) is 0 Å². The van der Waals surface area contributed by atoms with E-state index in [1.807, 2.05) is 25.1 Å². The molecule has 0 saturated carbocycles. The fraction of sp³-hybridized carbons (Fsp3) is 0.357. The number of rotatable bonds is 5. The first-order valence-corrected chi connectivity index (χ1v) is 9.39. The topological polar surface area (TPSA) is 12.9 Å². The predicted octanol–water partition coefficient (Wildman–Crippen LogP) is 5.38. The quantitative estimate of drug-likeness (QED) is 0.589. The molecule has 1 aromatic carbocycles. The average Bonchev–Trinajstić information content (AvgIpc) is 2.81. The van der Waals surface area contributed by atoms with Crippen LogP contribution in [0.1, 0.15) is 16.3 Å². The monoisotopic (exact) mass is 421 g/mol. The molecular weight excluding hydrogens is 409 g/mol. The first-order valence-electron chi connectivity index (χ1n) is 5.88. The molecule has 102 valence electrons. The summed E-state index contributed by atoms with van der Waals surface area (Å²) in [5.41, 5.74) is 2.35. The molecular formula is C14H14Br2ClNS. The Kier molecular flexibility index (Phi) is 5.46. The van der Waals surface area contributed by atoms with Crippen LogP contribution in [-0.2, 0) is 11.8 Å². The Labute approximate surface area is 139 Å². The van der Waals surface area contributed by atoms with Gasteiger partial charge in [-0.2, -0.15) is 0 Å². The molecule has 0 atom stereocenters. The fourth-order valence-corrected chi connectivity index (χ4v) is 4.82. The van der Waals surface area contributed by atoms with Crippen molar-refractivity contribution in [3.63, 3.8) is 0 Å². The Morgan fingerprint density at radius 1 is 1.32 bits per heavy atom. The third-order valence-corrected chi connectivity index (χ3v) is 6.34. The van der Waals surface area contributed by atoms with Gasteiger partial charge in [-0.1, -0.05) is 55.6 Å². The smallest absolute Gasteiger partial charge is 0.0897 e. The van der Waals surface area contributed by atoms with E-state index in [2.05, 4.69) is 48.3 Å². The Morgan fingerprint density at radius 3 is 2.58 bits per heavy atom. The molecule has 0 spiro atoms. The van der Waals surface area contributed by atoms with Crippen LogP contribution < -0.4 is 0 Å². The molecule has 0 aliphatic rings. The normalized spacial score (nSPS) is 11.8. The van der Waals surface area contributed by atoms with Gasteiger partial charge >= 0.3 is 0 Å². The number of alkyl halides is 2. The summed E-state index contributed by atoms with van der Waals surface area (Å²) in [6.07, 6.45) is 0.897. The van der Waals surface area contributed by atoms with Gasteiger partial charge in [-0.05, 0) is 24.6 Å². The van der Waals surface area contributed by atoms with Gasteiger partial charge in [0, 0.05) is 32.9 Å². The van der Waals surface area contributed by atoms with Crippen molar-refractivity contribution < 1.29 is 0 Å². The van der Waals surface area contributed by atoms with E-state index in [0.717, 1.165) is 32.8 Å². The van der Waals surface area contributed by atoms with Gasteiger partial charge in [0.15, 0.2) is 0 Å². The number of nitrogens with zero attached hydrogens (tertiary/aromatic N) is 1. The van der Waals surface area contributed by atoms with Gasteiger partial charge in [-0.25, -0.2) is 4.98 Å². The third kappa shape index (κ3) is 3.60. The van der Waals surface area contributed by atoms with E-state index in [1.165, 1.54) is 5.56 Å². The molecule has 2 aromatic rings. The number of aryl methyl sites for hydroxylation is 1. The van der Waals surface area contributed by atoms with Gasteiger partial charge < -0.3 is 0 Å². The molecule has 0 radical (unpaired) electrons. The summed E-state index contributed by atoms with van der Waals surface area (Å²) in [6.45, 7) is 2.04. The van der Waals surface area contributed by atoms with E-state index >= 15 is 0 Å². The van der Waals surface area contributed by atoms with Crippen LogP contribution in [0.4, 0.5) is 0 Å². The summed E-state index contributed by atoms with van der Waals surface area (Å²) in [5, 5.41) is 5.75. The molecule has 0 unspecified atom stereocenters. The molecule has 0 bridgehead atoms. The lowest BCUT2D eigenvalue weighted by Gasteiger charge is -2.30. The maximum absolute atomic E-state index is 6.13. The van der Waals surface area contributed by atoms with E-state index in [4.69, 9.17) is 11.6 Å². The molecule has 1 aromatic heterocycles. The van der Waals surface area contributed by atoms with Gasteiger partial charge in [0.1, 0.15) is 0 Å². The molecule has 19 heavy (non-hydrogen) atoms. The van der Waals surface area contributed by atoms with Crippen molar-refractivity contribution >= 4 is 54.8 Å². The predicted molar refractivity (Wildman–Crippen MR) is 91.3 cm³/mol. The van der Waals surface area contributed by atoms with E-state index < -0.39 is 0 Å². The fourth-order valence-electron chi connectivity index (χ4n) is 2.04. The first kappa shape index (κ1) is 15.5. The van der Waals surface area contributed by atoms with Crippen LogP contribution in [0, 0.1) is 6.92 Å². The lowest BCUT2D eigenvalue weighted by atomic mass is 9.80. The van der Waals surface area contributed by atoms with Crippen LogP contribution in [0.5, 0.6) is 0 Å². The van der Waals surface area contributed by atoms with Crippen LogP contribution in [0.15, 0.2) is 29.6 Å². The molecule has 0 fully saturated rings. The minimum Gasteiger partial charge on any atom is -0.247 e. The molecule has 1 heterocycles. The zero-order chi connectivity index (χ0) is 13.9. The maximum atomic E-state index is 6.13. The van der Waals surface area contributed by atoms with E-state index in [1.54, 1.807) is 11.3 Å². The van der Waals surface area contributed by atoms with Crippen LogP contribution >= 0.6 is 54.8 Å². The highest BCUT2D eigenvalue weighted by Gasteiger charge is 2.31. The van der Waals surface area contributed by atoms with E-state index in [0.29, 0.717) is 0 Å². The Hall–Kier alpha value is 0.1000. The Morgan fingerprint density at radius 2 is 2.05 bits per heavy atom. The molecule has 1 nitrogen and oxygen atoms in total. The molecule has 5 heteroatoms. The van der Waals surface area contributed by atoms with Gasteiger partial charge in [0.05, 0.1) is 10.7 Å². The molecule has 0 N–H and O–H groups in total. The highest BCUT2D eigenvalue weighted by molar-refractivity contribution is 9.09. The van der Waals surface area contributed by atoms with Crippen molar-refractivity contribution in [3.05, 3.63) is 50.9 Å². The van der Waals surface area contributed by atoms with Gasteiger partial charge in [0.2, 0.25) is 0 Å². The van der Waals surface area contributed by atoms with Gasteiger partial charge in [0.25, 0.3) is 0 Å². The third-order valence-electron chi connectivity index (χ3n) is 3.13. The molecule has 2 rings (SSSR count). The number of aromatic nitrogens is 1. The van der Waals surface area contributed by atoms with Crippen LogP contribution in [0.2, 0.25) is 5.02 Å². The molecule has 0 aliphatic carbocycles. The highest BCUT2D eigenvalue weighted by atomic mass is 79.9. The first-order chi connectivity index (χ1) is 9.09. The summed E-state index contributed by atoms with van der Waals surface area (Å²) in [7, 11) is 0. The Balaban J connectivity index is 2.37. The van der Waals surface area contributed by atoms with Crippen molar-refractivity contribution in [2.75, 3.05) is 10.7 Å². The van der Waals surface area contributed by atoms with Gasteiger partial charge in [-0.15, -0.1) is 11.3 Å².